The number of nitrogens with two attached hydrogens (primary N) is 1. The Morgan fingerprint density at radius 3 is 2.15 bits per heavy atom. The smallest absolute Gasteiger partial charge is 0.0874 e. The summed E-state index contributed by atoms with van der Waals surface area (Å²) in [5.74, 6) is 0. The second-order valence-corrected chi connectivity index (χ2v) is 7.05. The van der Waals surface area contributed by atoms with Crippen LogP contribution in [0.3, 0.4) is 0 Å². The first-order chi connectivity index (χ1) is 9.38. The lowest BCUT2D eigenvalue weighted by Crippen LogP contribution is -2.48. The number of hydrogen-bond donors (Lipinski definition) is 1. The molecule has 0 bridgehead atoms. The Bertz CT molecular complexity index is 425. The lowest BCUT2D eigenvalue weighted by molar-refractivity contribution is -0.100. The number of benzene rings is 1. The lowest BCUT2D eigenvalue weighted by Gasteiger charge is -2.46. The maximum Gasteiger partial charge on any atom is 0.0874 e. The molecule has 1 aliphatic carbocycles. The summed E-state index contributed by atoms with van der Waals surface area (Å²) >= 11 is 0. The molecule has 0 amide bonds. The zero-order chi connectivity index (χ0) is 14.8. The molecule has 1 aliphatic rings. The van der Waals surface area contributed by atoms with Crippen LogP contribution in [0, 0.1) is 12.3 Å². The molecule has 0 spiro atoms. The molecule has 2 nitrogen and oxygen atoms in total. The molecule has 112 valence electrons. The molecule has 0 aromatic heterocycles. The van der Waals surface area contributed by atoms with E-state index in [2.05, 4.69) is 52.0 Å². The molecular weight excluding hydrogens is 246 g/mol. The summed E-state index contributed by atoms with van der Waals surface area (Å²) in [7, 11) is 0. The van der Waals surface area contributed by atoms with E-state index in [9.17, 15) is 0 Å². The van der Waals surface area contributed by atoms with Crippen molar-refractivity contribution in [2.75, 3.05) is 6.61 Å². The average molecular weight is 275 g/mol. The number of aryl methyl sites for hydroxylation is 1. The van der Waals surface area contributed by atoms with Crippen LogP contribution in [-0.2, 0) is 4.74 Å². The van der Waals surface area contributed by atoms with E-state index in [4.69, 9.17) is 10.5 Å². The molecule has 1 atom stereocenters. The highest BCUT2D eigenvalue weighted by Crippen LogP contribution is 2.46. The lowest BCUT2D eigenvalue weighted by atomic mass is 9.67. The van der Waals surface area contributed by atoms with Crippen molar-refractivity contribution in [3.8, 4) is 0 Å². The summed E-state index contributed by atoms with van der Waals surface area (Å²) in [4.78, 5) is 0. The van der Waals surface area contributed by atoms with E-state index in [1.54, 1.807) is 0 Å². The largest absolute Gasteiger partial charge is 0.373 e. The topological polar surface area (TPSA) is 35.2 Å². The van der Waals surface area contributed by atoms with Crippen LogP contribution in [0.5, 0.6) is 0 Å². The Labute approximate surface area is 123 Å². The van der Waals surface area contributed by atoms with Crippen molar-refractivity contribution < 1.29 is 4.74 Å². The van der Waals surface area contributed by atoms with E-state index in [1.807, 2.05) is 0 Å². The fourth-order valence-electron chi connectivity index (χ4n) is 3.26. The molecule has 20 heavy (non-hydrogen) atoms. The highest BCUT2D eigenvalue weighted by molar-refractivity contribution is 5.26. The van der Waals surface area contributed by atoms with Gasteiger partial charge in [-0.3, -0.25) is 0 Å². The predicted octanol–water partition coefficient (Wildman–Crippen LogP) is 4.37. The summed E-state index contributed by atoms with van der Waals surface area (Å²) in [5, 5.41) is 0. The second kappa shape index (κ2) is 5.87. The summed E-state index contributed by atoms with van der Waals surface area (Å²) in [5.41, 5.74) is 9.32. The van der Waals surface area contributed by atoms with Crippen molar-refractivity contribution in [2.45, 2.75) is 65.0 Å². The molecule has 0 heterocycles. The predicted molar refractivity (Wildman–Crippen MR) is 84.7 cm³/mol. The Morgan fingerprint density at radius 1 is 1.10 bits per heavy atom. The molecule has 2 rings (SSSR count). The number of rotatable bonds is 4. The molecule has 1 unspecified atom stereocenters. The molecule has 2 N–H and O–H groups in total. The third kappa shape index (κ3) is 3.24. The summed E-state index contributed by atoms with van der Waals surface area (Å²) in [6.45, 7) is 9.61. The SMILES string of the molecule is CCOC1(C(N)c2ccc(C)cc2)CCC(C)(C)CC1. The van der Waals surface area contributed by atoms with Crippen molar-refractivity contribution in [3.05, 3.63) is 35.4 Å². The quantitative estimate of drug-likeness (QED) is 0.885. The third-order valence-electron chi connectivity index (χ3n) is 4.88. The molecule has 0 saturated heterocycles. The van der Waals surface area contributed by atoms with Crippen molar-refractivity contribution in [2.24, 2.45) is 11.1 Å². The van der Waals surface area contributed by atoms with Crippen LogP contribution in [0.15, 0.2) is 24.3 Å². The van der Waals surface area contributed by atoms with E-state index in [-0.39, 0.29) is 11.6 Å². The Hall–Kier alpha value is -0.860. The van der Waals surface area contributed by atoms with Gasteiger partial charge in [0.05, 0.1) is 11.6 Å². The van der Waals surface area contributed by atoms with Crippen molar-refractivity contribution >= 4 is 0 Å². The fourth-order valence-corrected chi connectivity index (χ4v) is 3.26. The number of ether oxygens (including phenoxy) is 1. The van der Waals surface area contributed by atoms with Gasteiger partial charge in [0.2, 0.25) is 0 Å². The van der Waals surface area contributed by atoms with Crippen LogP contribution in [0.2, 0.25) is 0 Å². The Balaban J connectivity index is 2.22. The van der Waals surface area contributed by atoms with E-state index in [0.717, 1.165) is 19.4 Å². The van der Waals surface area contributed by atoms with Gasteiger partial charge in [-0.2, -0.15) is 0 Å². The first-order valence-electron chi connectivity index (χ1n) is 7.85. The highest BCUT2D eigenvalue weighted by atomic mass is 16.5. The van der Waals surface area contributed by atoms with Crippen LogP contribution < -0.4 is 5.73 Å². The van der Waals surface area contributed by atoms with Crippen molar-refractivity contribution in [1.82, 2.24) is 0 Å². The summed E-state index contributed by atoms with van der Waals surface area (Å²) in [6.07, 6.45) is 4.49. The van der Waals surface area contributed by atoms with Gasteiger partial charge in [0.25, 0.3) is 0 Å². The standard InChI is InChI=1S/C18H29NO/c1-5-20-18(12-10-17(3,4)11-13-18)16(19)15-8-6-14(2)7-9-15/h6-9,16H,5,10-13,19H2,1-4H3. The van der Waals surface area contributed by atoms with E-state index in [1.165, 1.54) is 24.0 Å². The summed E-state index contributed by atoms with van der Waals surface area (Å²) in [6, 6.07) is 8.56. The third-order valence-corrected chi connectivity index (χ3v) is 4.88. The van der Waals surface area contributed by atoms with Crippen LogP contribution >= 0.6 is 0 Å². The van der Waals surface area contributed by atoms with E-state index in [0.29, 0.717) is 5.41 Å². The molecule has 1 fully saturated rings. The molecule has 2 heteroatoms. The minimum atomic E-state index is -0.181. The molecule has 1 saturated carbocycles. The first kappa shape index (κ1) is 15.5. The Kier molecular flexibility index (Phi) is 4.55. The fraction of sp³-hybridized carbons (Fsp3) is 0.667. The zero-order valence-corrected chi connectivity index (χ0v) is 13.4. The molecule has 1 aromatic rings. The molecule has 1 aromatic carbocycles. The molecular formula is C18H29NO. The molecule has 0 aliphatic heterocycles. The zero-order valence-electron chi connectivity index (χ0n) is 13.4. The van der Waals surface area contributed by atoms with E-state index >= 15 is 0 Å². The van der Waals surface area contributed by atoms with Crippen molar-refractivity contribution in [1.29, 1.82) is 0 Å². The van der Waals surface area contributed by atoms with Gasteiger partial charge >= 0.3 is 0 Å². The van der Waals surface area contributed by atoms with Gasteiger partial charge in [0, 0.05) is 6.61 Å². The van der Waals surface area contributed by atoms with Crippen molar-refractivity contribution in [3.63, 3.8) is 0 Å². The van der Waals surface area contributed by atoms with Crippen LogP contribution in [-0.4, -0.2) is 12.2 Å². The van der Waals surface area contributed by atoms with Gasteiger partial charge in [0.1, 0.15) is 0 Å². The van der Waals surface area contributed by atoms with Crippen LogP contribution in [0.1, 0.15) is 63.6 Å². The maximum absolute atomic E-state index is 6.60. The monoisotopic (exact) mass is 275 g/mol. The average Bonchev–Trinajstić information content (AvgIpc) is 2.42. The number of hydrogen-bond acceptors (Lipinski definition) is 2. The second-order valence-electron chi connectivity index (χ2n) is 7.05. The van der Waals surface area contributed by atoms with Crippen LogP contribution in [0.25, 0.3) is 0 Å². The van der Waals surface area contributed by atoms with Gasteiger partial charge in [-0.25, -0.2) is 0 Å². The van der Waals surface area contributed by atoms with Gasteiger partial charge in [-0.15, -0.1) is 0 Å². The van der Waals surface area contributed by atoms with E-state index < -0.39 is 0 Å². The maximum atomic E-state index is 6.60. The minimum Gasteiger partial charge on any atom is -0.373 e. The Morgan fingerprint density at radius 2 is 1.65 bits per heavy atom. The van der Waals surface area contributed by atoms with Gasteiger partial charge < -0.3 is 10.5 Å². The first-order valence-corrected chi connectivity index (χ1v) is 7.85. The minimum absolute atomic E-state index is 0.0286. The summed E-state index contributed by atoms with van der Waals surface area (Å²) < 4.78 is 6.19. The normalized spacial score (nSPS) is 22.4. The van der Waals surface area contributed by atoms with Crippen LogP contribution in [0.4, 0.5) is 0 Å². The van der Waals surface area contributed by atoms with Gasteiger partial charge in [0.15, 0.2) is 0 Å². The molecule has 0 radical (unpaired) electrons. The highest BCUT2D eigenvalue weighted by Gasteiger charge is 2.43. The van der Waals surface area contributed by atoms with Gasteiger partial charge in [-0.1, -0.05) is 43.7 Å². The van der Waals surface area contributed by atoms with Gasteiger partial charge in [-0.05, 0) is 50.5 Å².